The quantitative estimate of drug-likeness (QED) is 0.294. The molecule has 0 spiro atoms. The largest absolute Gasteiger partial charge is 1.00 e. The first-order chi connectivity index (χ1) is 15.4. The van der Waals surface area contributed by atoms with Gasteiger partial charge in [0, 0.05) is 5.56 Å². The van der Waals surface area contributed by atoms with Crippen molar-refractivity contribution < 1.29 is 73.6 Å². The summed E-state index contributed by atoms with van der Waals surface area (Å²) in [4.78, 5) is 23.4. The number of aromatic carboxylic acids is 2. The van der Waals surface area contributed by atoms with Crippen LogP contribution in [0.5, 0.6) is 11.5 Å². The number of phenols is 2. The number of fused-ring (bicyclic) bond motifs is 1. The molecule has 0 amide bonds. The van der Waals surface area contributed by atoms with Crippen LogP contribution >= 0.6 is 0 Å². The van der Waals surface area contributed by atoms with E-state index in [-0.39, 0.29) is 63.7 Å². The molecule has 4 N–H and O–H groups in total. The van der Waals surface area contributed by atoms with Crippen molar-refractivity contribution in [2.75, 3.05) is 0 Å². The first-order valence-electron chi connectivity index (χ1n) is 9.60. The molecule has 0 atom stereocenters. The van der Waals surface area contributed by atoms with Crippen LogP contribution in [0.25, 0.3) is 0 Å². The summed E-state index contributed by atoms with van der Waals surface area (Å²) in [6, 6.07) is 10.8. The van der Waals surface area contributed by atoms with Crippen molar-refractivity contribution in [2.24, 2.45) is 0 Å². The molecule has 0 unspecified atom stereocenters. The van der Waals surface area contributed by atoms with Crippen molar-refractivity contribution >= 4 is 22.1 Å². The van der Waals surface area contributed by atoms with E-state index >= 15 is 0 Å². The number of aromatic hydroxyl groups is 2. The topological polar surface area (TPSA) is 158 Å². The zero-order valence-corrected chi connectivity index (χ0v) is 21.2. The number of carbonyl (C=O) groups is 2. The maximum absolute atomic E-state index is 13.0. The number of aryl methyl sites for hydroxylation is 2. The van der Waals surface area contributed by atoms with Gasteiger partial charge in [-0.25, -0.2) is 13.8 Å². The molecule has 1 aliphatic heterocycles. The van der Waals surface area contributed by atoms with Gasteiger partial charge in [0.15, 0.2) is 5.60 Å². The van der Waals surface area contributed by atoms with Gasteiger partial charge in [0.1, 0.15) is 27.5 Å². The second-order valence-electron chi connectivity index (χ2n) is 7.70. The Bertz CT molecular complexity index is 1400. The fourth-order valence-electron chi connectivity index (χ4n) is 4.10. The Hall–Kier alpha value is -2.89. The minimum Gasteiger partial charge on any atom is -1.00 e. The van der Waals surface area contributed by atoms with Crippen molar-refractivity contribution in [3.63, 3.8) is 0 Å². The van der Waals surface area contributed by atoms with E-state index in [1.807, 2.05) is 0 Å². The summed E-state index contributed by atoms with van der Waals surface area (Å²) in [5.74, 6) is -3.89. The SMILES string of the molecule is Cc1cc(C2(c3cc(C)c(O)c(C(=O)O)c3)OS(=O)(=O)c3ccccc32)cc(C(=O)O)c1O.[H-].[Na+]. The van der Waals surface area contributed by atoms with Crippen LogP contribution in [0, 0.1) is 13.8 Å². The van der Waals surface area contributed by atoms with E-state index < -0.39 is 50.3 Å². The first-order valence-corrected chi connectivity index (χ1v) is 11.0. The Morgan fingerprint density at radius 2 is 1.29 bits per heavy atom. The Kier molecular flexibility index (Phi) is 6.59. The van der Waals surface area contributed by atoms with Gasteiger partial charge in [-0.2, -0.15) is 8.42 Å². The number of benzene rings is 3. The minimum absolute atomic E-state index is 0. The number of carboxylic acid groups (broad SMARTS) is 2. The summed E-state index contributed by atoms with van der Waals surface area (Å²) >= 11 is 0. The average Bonchev–Trinajstić information content (AvgIpc) is 3.00. The van der Waals surface area contributed by atoms with Crippen molar-refractivity contribution in [1.82, 2.24) is 0 Å². The third kappa shape index (κ3) is 3.77. The molecule has 1 aliphatic rings. The van der Waals surface area contributed by atoms with Crippen LogP contribution < -0.4 is 29.6 Å². The van der Waals surface area contributed by atoms with Crippen LogP contribution in [0.2, 0.25) is 0 Å². The van der Waals surface area contributed by atoms with Gasteiger partial charge in [0.25, 0.3) is 10.1 Å². The molecule has 11 heteroatoms. The van der Waals surface area contributed by atoms with Gasteiger partial charge >= 0.3 is 41.5 Å². The molecule has 4 rings (SSSR count). The van der Waals surface area contributed by atoms with E-state index in [9.17, 15) is 38.4 Å². The van der Waals surface area contributed by atoms with Crippen LogP contribution in [-0.4, -0.2) is 40.8 Å². The predicted octanol–water partition coefficient (Wildman–Crippen LogP) is 0.238. The average molecular weight is 494 g/mol. The Balaban J connectivity index is 0.00000216. The molecule has 3 aromatic carbocycles. The van der Waals surface area contributed by atoms with Crippen molar-refractivity contribution in [1.29, 1.82) is 0 Å². The third-order valence-corrected chi connectivity index (χ3v) is 7.01. The fourth-order valence-corrected chi connectivity index (χ4v) is 5.52. The predicted molar refractivity (Wildman–Crippen MR) is 115 cm³/mol. The van der Waals surface area contributed by atoms with E-state index in [2.05, 4.69) is 0 Å². The molecule has 3 aromatic rings. The first kappa shape index (κ1) is 25.7. The van der Waals surface area contributed by atoms with Gasteiger partial charge in [-0.15, -0.1) is 0 Å². The summed E-state index contributed by atoms with van der Waals surface area (Å²) in [6.45, 7) is 2.89. The minimum atomic E-state index is -4.34. The summed E-state index contributed by atoms with van der Waals surface area (Å²) in [5.41, 5.74) is -2.43. The smallest absolute Gasteiger partial charge is 1.00 e. The van der Waals surface area contributed by atoms with Crippen molar-refractivity contribution in [3.8, 4) is 11.5 Å². The maximum atomic E-state index is 13.0. The van der Waals surface area contributed by atoms with Crippen LogP contribution in [-0.2, 0) is 19.9 Å². The van der Waals surface area contributed by atoms with Gasteiger partial charge in [0.05, 0.1) is 0 Å². The molecule has 0 radical (unpaired) electrons. The summed E-state index contributed by atoms with van der Waals surface area (Å²) in [6.07, 6.45) is 0. The van der Waals surface area contributed by atoms with E-state index in [0.717, 1.165) is 12.1 Å². The summed E-state index contributed by atoms with van der Waals surface area (Å²) < 4.78 is 31.7. The molecule has 0 aromatic heterocycles. The molecule has 1 heterocycles. The van der Waals surface area contributed by atoms with E-state index in [0.29, 0.717) is 0 Å². The van der Waals surface area contributed by atoms with Crippen LogP contribution in [0.4, 0.5) is 0 Å². The second kappa shape index (κ2) is 8.71. The normalized spacial score (nSPS) is 15.2. The van der Waals surface area contributed by atoms with Crippen molar-refractivity contribution in [2.45, 2.75) is 24.3 Å². The second-order valence-corrected chi connectivity index (χ2v) is 9.22. The van der Waals surface area contributed by atoms with Gasteiger partial charge in [-0.1, -0.05) is 18.2 Å². The van der Waals surface area contributed by atoms with Crippen LogP contribution in [0.3, 0.4) is 0 Å². The molecule has 0 saturated heterocycles. The summed E-state index contributed by atoms with van der Waals surface area (Å²) in [7, 11) is -4.34. The number of rotatable bonds is 4. The van der Waals surface area contributed by atoms with Crippen LogP contribution in [0.1, 0.15) is 50.0 Å². The Morgan fingerprint density at radius 3 is 1.74 bits per heavy atom. The summed E-state index contributed by atoms with van der Waals surface area (Å²) in [5, 5.41) is 39.6. The molecule has 9 nitrogen and oxygen atoms in total. The molecule has 0 bridgehead atoms. The number of hydrogen-bond acceptors (Lipinski definition) is 7. The van der Waals surface area contributed by atoms with Gasteiger partial charge in [0.2, 0.25) is 0 Å². The van der Waals surface area contributed by atoms with Gasteiger partial charge < -0.3 is 21.9 Å². The fraction of sp³-hybridized carbons (Fsp3) is 0.130. The number of carboxylic acids is 2. The molecule has 0 saturated carbocycles. The number of hydrogen-bond donors (Lipinski definition) is 4. The monoisotopic (exact) mass is 494 g/mol. The Morgan fingerprint density at radius 1 is 0.853 bits per heavy atom. The maximum Gasteiger partial charge on any atom is 1.00 e. The molecule has 0 aliphatic carbocycles. The van der Waals surface area contributed by atoms with Crippen molar-refractivity contribution in [3.05, 3.63) is 87.5 Å². The zero-order chi connectivity index (χ0) is 24.3. The molecular formula is C23H19NaO9S. The van der Waals surface area contributed by atoms with Gasteiger partial charge in [-0.05, 0) is 66.4 Å². The standard InChI is InChI=1S/C23H18O9S.Na.H/c1-11-7-13(9-15(19(11)24)21(26)27)23(14-8-12(2)20(25)16(10-14)22(28)29)17-5-3-4-6-18(17)33(30,31)32-23;;/h3-10,24-25H,1-2H3,(H,26,27)(H,28,29);;/q;+1;-1. The zero-order valence-electron chi connectivity index (χ0n) is 19.4. The molecule has 172 valence electrons. The third-order valence-electron chi connectivity index (χ3n) is 5.65. The van der Waals surface area contributed by atoms with Gasteiger partial charge in [-0.3, -0.25) is 0 Å². The molecular weight excluding hydrogens is 475 g/mol. The van der Waals surface area contributed by atoms with E-state index in [4.69, 9.17) is 4.18 Å². The van der Waals surface area contributed by atoms with E-state index in [1.165, 1.54) is 44.2 Å². The Labute approximate surface area is 218 Å². The van der Waals surface area contributed by atoms with E-state index in [1.54, 1.807) is 6.07 Å². The van der Waals surface area contributed by atoms with Crippen LogP contribution in [0.15, 0.2) is 53.4 Å². The molecule has 0 fully saturated rings. The molecule has 34 heavy (non-hydrogen) atoms.